The fraction of sp³-hybridized carbons (Fsp3) is 1.00. The van der Waals surface area contributed by atoms with Crippen LogP contribution >= 0.6 is 0 Å². The van der Waals surface area contributed by atoms with Crippen molar-refractivity contribution in [3.05, 3.63) is 0 Å². The van der Waals surface area contributed by atoms with Crippen LogP contribution < -0.4 is 0 Å². The van der Waals surface area contributed by atoms with E-state index in [2.05, 4.69) is 0 Å². The summed E-state index contributed by atoms with van der Waals surface area (Å²) < 4.78 is 0. The smallest absolute Gasteiger partial charge is 0.0627 e. The fourth-order valence-electron chi connectivity index (χ4n) is 0.300. The summed E-state index contributed by atoms with van der Waals surface area (Å²) in [6.07, 6.45) is 0. The summed E-state index contributed by atoms with van der Waals surface area (Å²) >= 11 is 0. The Hall–Kier alpha value is 2.84. The van der Waals surface area contributed by atoms with Gasteiger partial charge in [0.05, 0.1) is 31.8 Å². The van der Waals surface area contributed by atoms with Gasteiger partial charge < -0.3 is 20.4 Å². The van der Waals surface area contributed by atoms with E-state index in [-0.39, 0.29) is 88.7 Å². The second kappa shape index (κ2) is 13.8. The first-order valence-electron chi connectivity index (χ1n) is 2.68. The van der Waals surface area contributed by atoms with Crippen molar-refractivity contribution < 1.29 is 20.4 Å². The van der Waals surface area contributed by atoms with Crippen LogP contribution in [0.2, 0.25) is 0 Å². The molecule has 0 aromatic heterocycles. The van der Waals surface area contributed by atoms with Crippen LogP contribution in [0, 0.1) is 5.41 Å². The largest absolute Gasteiger partial charge is 0.396 e. The summed E-state index contributed by atoms with van der Waals surface area (Å²) in [4.78, 5) is 0. The Balaban J connectivity index is -0.000000107. The molecule has 0 rings (SSSR count). The maximum absolute atomic E-state index is 8.50. The van der Waals surface area contributed by atoms with Crippen molar-refractivity contribution in [2.24, 2.45) is 5.41 Å². The summed E-state index contributed by atoms with van der Waals surface area (Å²) in [5, 5.41) is 34.0. The minimum atomic E-state index is -1.11. The van der Waals surface area contributed by atoms with Crippen molar-refractivity contribution in [3.63, 3.8) is 0 Å². The van der Waals surface area contributed by atoms with Crippen LogP contribution in [0.25, 0.3) is 0 Å². The minimum Gasteiger partial charge on any atom is -0.396 e. The van der Waals surface area contributed by atoms with Gasteiger partial charge in [-0.1, -0.05) is 0 Å². The predicted octanol–water partition coefficient (Wildman–Crippen LogP) is -3.20. The van der Waals surface area contributed by atoms with E-state index in [1.807, 2.05) is 0 Å². The van der Waals surface area contributed by atoms with E-state index >= 15 is 0 Å². The molecule has 0 aliphatic carbocycles. The van der Waals surface area contributed by atoms with Gasteiger partial charge in [-0.25, -0.2) is 0 Å². The number of hydrogen-bond donors (Lipinski definition) is 4. The molecule has 0 unspecified atom stereocenters. The van der Waals surface area contributed by atoms with E-state index in [0.717, 1.165) is 0 Å². The summed E-state index contributed by atoms with van der Waals surface area (Å²) in [6.45, 7) is -1.62. The van der Waals surface area contributed by atoms with Crippen LogP contribution in [0.5, 0.6) is 0 Å². The molecule has 0 saturated carbocycles. The topological polar surface area (TPSA) is 80.9 Å². The zero-order chi connectivity index (χ0) is 7.33. The molecule has 7 heteroatoms. The second-order valence-electron chi connectivity index (χ2n) is 2.13. The van der Waals surface area contributed by atoms with E-state index in [9.17, 15) is 0 Å². The van der Waals surface area contributed by atoms with Gasteiger partial charge in [0.25, 0.3) is 0 Å². The Morgan fingerprint density at radius 3 is 0.750 bits per heavy atom. The van der Waals surface area contributed by atoms with Gasteiger partial charge in [-0.05, 0) is 0 Å². The van der Waals surface area contributed by atoms with Gasteiger partial charge in [0.1, 0.15) is 0 Å². The van der Waals surface area contributed by atoms with Crippen LogP contribution in [0.15, 0.2) is 0 Å². The predicted molar refractivity (Wildman–Crippen MR) is 48.0 cm³/mol. The van der Waals surface area contributed by atoms with Gasteiger partial charge in [-0.15, -0.1) is 0 Å². The maximum Gasteiger partial charge on any atom is 0.0627 e. The van der Waals surface area contributed by atoms with Gasteiger partial charge in [0, 0.05) is 88.7 Å². The average Bonchev–Trinajstić information content (AvgIpc) is 1.95. The molecule has 0 aliphatic heterocycles. The molecular formula is C5H12Na3O4. The van der Waals surface area contributed by atoms with Crippen molar-refractivity contribution >= 4 is 88.7 Å². The molecule has 4 N–H and O–H groups in total. The van der Waals surface area contributed by atoms with E-state index < -0.39 is 31.8 Å². The van der Waals surface area contributed by atoms with Crippen LogP contribution in [-0.2, 0) is 0 Å². The molecule has 0 spiro atoms. The molecule has 0 atom stereocenters. The van der Waals surface area contributed by atoms with Gasteiger partial charge in [0.2, 0.25) is 0 Å². The Morgan fingerprint density at radius 1 is 0.583 bits per heavy atom. The minimum absolute atomic E-state index is 0. The molecule has 0 saturated heterocycles. The molecule has 0 aromatic carbocycles. The molecule has 4 nitrogen and oxygen atoms in total. The average molecular weight is 205 g/mol. The summed E-state index contributed by atoms with van der Waals surface area (Å²) in [6, 6.07) is 0. The maximum atomic E-state index is 8.50. The molecule has 12 heavy (non-hydrogen) atoms. The zero-order valence-electron chi connectivity index (χ0n) is 8.12. The molecular weight excluding hydrogens is 193 g/mol. The van der Waals surface area contributed by atoms with Crippen LogP contribution in [0.1, 0.15) is 0 Å². The van der Waals surface area contributed by atoms with Gasteiger partial charge in [-0.3, -0.25) is 0 Å². The Labute approximate surface area is 139 Å². The molecule has 59 valence electrons. The molecule has 0 amide bonds. The summed E-state index contributed by atoms with van der Waals surface area (Å²) in [7, 11) is 0. The quantitative estimate of drug-likeness (QED) is 0.364. The van der Waals surface area contributed by atoms with Crippen molar-refractivity contribution in [2.75, 3.05) is 26.4 Å². The number of hydrogen-bond acceptors (Lipinski definition) is 4. The third-order valence-electron chi connectivity index (χ3n) is 1.34. The third-order valence-corrected chi connectivity index (χ3v) is 1.34. The first kappa shape index (κ1) is 24.2. The van der Waals surface area contributed by atoms with Gasteiger partial charge in [-0.2, -0.15) is 0 Å². The molecule has 0 bridgehead atoms. The van der Waals surface area contributed by atoms with Crippen LogP contribution in [-0.4, -0.2) is 136 Å². The zero-order valence-corrected chi connectivity index (χ0v) is 14.1. The van der Waals surface area contributed by atoms with E-state index in [1.165, 1.54) is 0 Å². The standard InChI is InChI=1S/C5H12O4.3Na/c6-1-5(2-7,3-8)4-9;;;/h6-9H,1-4H2;;;. The Morgan fingerprint density at radius 2 is 0.750 bits per heavy atom. The first-order valence-corrected chi connectivity index (χ1v) is 2.68. The molecule has 3 radical (unpaired) electrons. The number of aliphatic hydroxyl groups excluding tert-OH is 4. The normalized spacial score (nSPS) is 9.00. The second-order valence-corrected chi connectivity index (χ2v) is 2.13. The SMILES string of the molecule is OCC(CO)(CO)CO.[Na].[Na].[Na]. The summed E-state index contributed by atoms with van der Waals surface area (Å²) in [5.41, 5.74) is -1.11. The van der Waals surface area contributed by atoms with Crippen molar-refractivity contribution in [1.29, 1.82) is 0 Å². The van der Waals surface area contributed by atoms with E-state index in [4.69, 9.17) is 20.4 Å². The number of rotatable bonds is 4. The number of aliphatic hydroxyl groups is 4. The van der Waals surface area contributed by atoms with Crippen LogP contribution in [0.4, 0.5) is 0 Å². The third kappa shape index (κ3) is 8.17. The molecule has 0 heterocycles. The van der Waals surface area contributed by atoms with E-state index in [0.29, 0.717) is 0 Å². The van der Waals surface area contributed by atoms with Gasteiger partial charge in [0.15, 0.2) is 0 Å². The Bertz CT molecular complexity index is 61.6. The van der Waals surface area contributed by atoms with E-state index in [1.54, 1.807) is 0 Å². The monoisotopic (exact) mass is 205 g/mol. The van der Waals surface area contributed by atoms with Crippen molar-refractivity contribution in [2.45, 2.75) is 0 Å². The Kier molecular flexibility index (Phi) is 27.9. The molecule has 0 fully saturated rings. The van der Waals surface area contributed by atoms with Crippen LogP contribution in [0.3, 0.4) is 0 Å². The first-order chi connectivity index (χ1) is 4.24. The van der Waals surface area contributed by atoms with Gasteiger partial charge >= 0.3 is 0 Å². The van der Waals surface area contributed by atoms with Crippen molar-refractivity contribution in [3.8, 4) is 0 Å². The molecule has 0 aromatic rings. The summed E-state index contributed by atoms with van der Waals surface area (Å²) in [5.74, 6) is 0. The van der Waals surface area contributed by atoms with Crippen molar-refractivity contribution in [1.82, 2.24) is 0 Å². The fourth-order valence-corrected chi connectivity index (χ4v) is 0.300. The molecule has 0 aliphatic rings.